The number of carbonyl (C=O) groups is 1. The van der Waals surface area contributed by atoms with Gasteiger partial charge in [0.1, 0.15) is 5.75 Å². The molecule has 1 aliphatic heterocycles. The number of hydrogen-bond donors (Lipinski definition) is 1. The van der Waals surface area contributed by atoms with E-state index in [1.807, 2.05) is 23.6 Å². The van der Waals surface area contributed by atoms with Crippen molar-refractivity contribution >= 4 is 17.7 Å². The van der Waals surface area contributed by atoms with Crippen molar-refractivity contribution in [2.75, 3.05) is 18.8 Å². The van der Waals surface area contributed by atoms with Gasteiger partial charge in [-0.15, -0.1) is 0 Å². The maximum absolute atomic E-state index is 12.2. The van der Waals surface area contributed by atoms with E-state index in [4.69, 9.17) is 0 Å². The smallest absolute Gasteiger partial charge is 0.254 e. The molecule has 0 saturated carbocycles. The quantitative estimate of drug-likeness (QED) is 0.832. The van der Waals surface area contributed by atoms with E-state index >= 15 is 0 Å². The van der Waals surface area contributed by atoms with Gasteiger partial charge in [-0.05, 0) is 24.6 Å². The van der Waals surface area contributed by atoms with Crippen LogP contribution in [0.15, 0.2) is 18.2 Å². The van der Waals surface area contributed by atoms with E-state index in [1.165, 1.54) is 0 Å². The summed E-state index contributed by atoms with van der Waals surface area (Å²) in [5.41, 5.74) is 1.37. The third-order valence-electron chi connectivity index (χ3n) is 2.98. The summed E-state index contributed by atoms with van der Waals surface area (Å²) in [5.74, 6) is 1.20. The van der Waals surface area contributed by atoms with Gasteiger partial charge in [0.05, 0.1) is 0 Å². The van der Waals surface area contributed by atoms with Crippen molar-refractivity contribution in [1.82, 2.24) is 4.90 Å². The highest BCUT2D eigenvalue weighted by atomic mass is 32.2. The van der Waals surface area contributed by atoms with Crippen LogP contribution in [0, 0.1) is 6.92 Å². The van der Waals surface area contributed by atoms with Gasteiger partial charge >= 0.3 is 0 Å². The molecule has 1 heterocycles. The highest BCUT2D eigenvalue weighted by Crippen LogP contribution is 2.22. The molecule has 1 aromatic carbocycles. The molecule has 0 aliphatic carbocycles. The molecule has 1 amide bonds. The van der Waals surface area contributed by atoms with Gasteiger partial charge in [0, 0.05) is 29.7 Å². The van der Waals surface area contributed by atoms with E-state index in [-0.39, 0.29) is 11.7 Å². The predicted octanol–water partition coefficient (Wildman–Crippen LogP) is 2.28. The Balaban J connectivity index is 2.15. The molecule has 1 N–H and O–H groups in total. The first kappa shape index (κ1) is 12.3. The number of amides is 1. The van der Waals surface area contributed by atoms with Crippen molar-refractivity contribution in [2.45, 2.75) is 19.1 Å². The Labute approximate surface area is 106 Å². The first-order chi connectivity index (χ1) is 8.08. The number of nitrogens with zero attached hydrogens (tertiary/aromatic N) is 1. The number of aryl methyl sites for hydroxylation is 1. The predicted molar refractivity (Wildman–Crippen MR) is 70.7 cm³/mol. The average molecular weight is 251 g/mol. The minimum absolute atomic E-state index is 0.0208. The van der Waals surface area contributed by atoms with E-state index in [2.05, 4.69) is 6.92 Å². The van der Waals surface area contributed by atoms with Gasteiger partial charge in [-0.3, -0.25) is 4.79 Å². The second kappa shape index (κ2) is 5.00. The molecule has 0 bridgehead atoms. The number of rotatable bonds is 1. The van der Waals surface area contributed by atoms with Crippen LogP contribution in [0.25, 0.3) is 0 Å². The van der Waals surface area contributed by atoms with Gasteiger partial charge in [-0.1, -0.05) is 13.0 Å². The lowest BCUT2D eigenvalue weighted by molar-refractivity contribution is 0.0762. The number of benzene rings is 1. The molecule has 1 aromatic rings. The van der Waals surface area contributed by atoms with Crippen molar-refractivity contribution in [3.63, 3.8) is 0 Å². The Kier molecular flexibility index (Phi) is 3.62. The molecule has 1 atom stereocenters. The largest absolute Gasteiger partial charge is 0.508 e. The van der Waals surface area contributed by atoms with Crippen molar-refractivity contribution in [3.05, 3.63) is 29.3 Å². The lowest BCUT2D eigenvalue weighted by atomic mass is 10.1. The molecular formula is C13H17NO2S. The zero-order valence-corrected chi connectivity index (χ0v) is 11.0. The second-order valence-electron chi connectivity index (χ2n) is 4.43. The molecule has 4 heteroatoms. The topological polar surface area (TPSA) is 40.5 Å². The molecule has 1 saturated heterocycles. The summed E-state index contributed by atoms with van der Waals surface area (Å²) < 4.78 is 0. The number of carbonyl (C=O) groups excluding carboxylic acids is 1. The van der Waals surface area contributed by atoms with E-state index in [1.54, 1.807) is 18.2 Å². The number of phenols is 1. The van der Waals surface area contributed by atoms with Crippen LogP contribution in [-0.4, -0.2) is 40.0 Å². The molecule has 2 rings (SSSR count). The zero-order chi connectivity index (χ0) is 12.4. The van der Waals surface area contributed by atoms with Gasteiger partial charge < -0.3 is 10.0 Å². The van der Waals surface area contributed by atoms with Crippen molar-refractivity contribution in [1.29, 1.82) is 0 Å². The number of aromatic hydroxyl groups is 1. The summed E-state index contributed by atoms with van der Waals surface area (Å²) in [6.07, 6.45) is 0. The minimum Gasteiger partial charge on any atom is -0.508 e. The summed E-state index contributed by atoms with van der Waals surface area (Å²) in [7, 11) is 0. The number of hydrogen-bond acceptors (Lipinski definition) is 3. The lowest BCUT2D eigenvalue weighted by Gasteiger charge is -2.30. The monoisotopic (exact) mass is 251 g/mol. The first-order valence-corrected chi connectivity index (χ1v) is 6.83. The number of thioether (sulfide) groups is 1. The highest BCUT2D eigenvalue weighted by molar-refractivity contribution is 7.99. The Morgan fingerprint density at radius 1 is 1.53 bits per heavy atom. The fraction of sp³-hybridized carbons (Fsp3) is 0.462. The van der Waals surface area contributed by atoms with Gasteiger partial charge in [0.15, 0.2) is 0 Å². The van der Waals surface area contributed by atoms with E-state index in [9.17, 15) is 9.90 Å². The molecule has 1 fully saturated rings. The third kappa shape index (κ3) is 2.75. The fourth-order valence-corrected chi connectivity index (χ4v) is 2.94. The van der Waals surface area contributed by atoms with Crippen LogP contribution in [0.2, 0.25) is 0 Å². The molecule has 1 unspecified atom stereocenters. The standard InChI is InChI=1S/C13H17NO2S/c1-9-3-4-11(7-12(9)15)13(16)14-5-6-17-10(2)8-14/h3-4,7,10,15H,5-6,8H2,1-2H3. The fourth-order valence-electron chi connectivity index (χ4n) is 1.93. The van der Waals surface area contributed by atoms with Crippen LogP contribution in [0.1, 0.15) is 22.8 Å². The summed E-state index contributed by atoms with van der Waals surface area (Å²) in [5, 5.41) is 10.1. The Morgan fingerprint density at radius 2 is 2.29 bits per heavy atom. The zero-order valence-electron chi connectivity index (χ0n) is 10.1. The van der Waals surface area contributed by atoms with Crippen LogP contribution < -0.4 is 0 Å². The maximum Gasteiger partial charge on any atom is 0.254 e. The van der Waals surface area contributed by atoms with Gasteiger partial charge in [0.2, 0.25) is 0 Å². The van der Waals surface area contributed by atoms with Gasteiger partial charge in [-0.2, -0.15) is 11.8 Å². The Morgan fingerprint density at radius 3 is 2.94 bits per heavy atom. The average Bonchev–Trinajstić information content (AvgIpc) is 2.32. The van der Waals surface area contributed by atoms with Crippen LogP contribution in [0.3, 0.4) is 0 Å². The van der Waals surface area contributed by atoms with Crippen LogP contribution in [-0.2, 0) is 0 Å². The molecule has 92 valence electrons. The molecule has 1 aliphatic rings. The van der Waals surface area contributed by atoms with Crippen molar-refractivity contribution in [3.8, 4) is 5.75 Å². The second-order valence-corrected chi connectivity index (χ2v) is 5.98. The third-order valence-corrected chi connectivity index (χ3v) is 4.12. The number of phenolic OH excluding ortho intramolecular Hbond substituents is 1. The summed E-state index contributed by atoms with van der Waals surface area (Å²) in [4.78, 5) is 14.1. The first-order valence-electron chi connectivity index (χ1n) is 5.78. The summed E-state index contributed by atoms with van der Waals surface area (Å²) >= 11 is 1.90. The van der Waals surface area contributed by atoms with Crippen LogP contribution >= 0.6 is 11.8 Å². The van der Waals surface area contributed by atoms with Crippen molar-refractivity contribution < 1.29 is 9.90 Å². The van der Waals surface area contributed by atoms with E-state index < -0.39 is 0 Å². The molecular weight excluding hydrogens is 234 g/mol. The Bertz CT molecular complexity index is 433. The lowest BCUT2D eigenvalue weighted by Crippen LogP contribution is -2.41. The van der Waals surface area contributed by atoms with Gasteiger partial charge in [0.25, 0.3) is 5.91 Å². The van der Waals surface area contributed by atoms with E-state index in [0.29, 0.717) is 10.8 Å². The van der Waals surface area contributed by atoms with E-state index in [0.717, 1.165) is 24.4 Å². The highest BCUT2D eigenvalue weighted by Gasteiger charge is 2.22. The minimum atomic E-state index is 0.0208. The molecule has 3 nitrogen and oxygen atoms in total. The SMILES string of the molecule is Cc1ccc(C(=O)N2CCSC(C)C2)cc1O. The molecule has 17 heavy (non-hydrogen) atoms. The van der Waals surface area contributed by atoms with Crippen LogP contribution in [0.5, 0.6) is 5.75 Å². The summed E-state index contributed by atoms with van der Waals surface area (Å²) in [6.45, 7) is 5.54. The normalized spacial score (nSPS) is 20.4. The van der Waals surface area contributed by atoms with Crippen LogP contribution in [0.4, 0.5) is 0 Å². The van der Waals surface area contributed by atoms with Crippen molar-refractivity contribution in [2.24, 2.45) is 0 Å². The summed E-state index contributed by atoms with van der Waals surface area (Å²) in [6, 6.07) is 5.12. The Hall–Kier alpha value is -1.16. The maximum atomic E-state index is 12.2. The molecule has 0 radical (unpaired) electrons. The van der Waals surface area contributed by atoms with Gasteiger partial charge in [-0.25, -0.2) is 0 Å². The molecule has 0 aromatic heterocycles. The molecule has 0 spiro atoms.